The highest BCUT2D eigenvalue weighted by molar-refractivity contribution is 5.39. The molecule has 0 saturated carbocycles. The standard InChI is InChI=1S/C16H21N3/c1-13-4-6-14(7-5-13)12-19(3)16-9-8-15(10-17-2)11-18-16/h4-9,11,17H,10,12H2,1-3H3. The highest BCUT2D eigenvalue weighted by Crippen LogP contribution is 2.13. The molecule has 0 radical (unpaired) electrons. The number of rotatable bonds is 5. The molecule has 1 heterocycles. The van der Waals surface area contributed by atoms with Gasteiger partial charge in [-0.05, 0) is 31.2 Å². The highest BCUT2D eigenvalue weighted by Gasteiger charge is 2.03. The van der Waals surface area contributed by atoms with Crippen LogP contribution in [0.2, 0.25) is 0 Å². The van der Waals surface area contributed by atoms with Gasteiger partial charge in [-0.25, -0.2) is 4.98 Å². The van der Waals surface area contributed by atoms with E-state index < -0.39 is 0 Å². The fraction of sp³-hybridized carbons (Fsp3) is 0.312. The second-order valence-electron chi connectivity index (χ2n) is 4.90. The van der Waals surface area contributed by atoms with Crippen molar-refractivity contribution in [2.45, 2.75) is 20.0 Å². The summed E-state index contributed by atoms with van der Waals surface area (Å²) in [7, 11) is 4.01. The molecular weight excluding hydrogens is 234 g/mol. The van der Waals surface area contributed by atoms with E-state index in [0.717, 1.165) is 18.9 Å². The van der Waals surface area contributed by atoms with E-state index in [2.05, 4.69) is 65.6 Å². The van der Waals surface area contributed by atoms with Crippen molar-refractivity contribution in [1.82, 2.24) is 10.3 Å². The van der Waals surface area contributed by atoms with Crippen LogP contribution < -0.4 is 10.2 Å². The molecular formula is C16H21N3. The molecule has 0 spiro atoms. The SMILES string of the molecule is CNCc1ccc(N(C)Cc2ccc(C)cc2)nc1. The zero-order valence-electron chi connectivity index (χ0n) is 11.9. The van der Waals surface area contributed by atoms with Crippen molar-refractivity contribution >= 4 is 5.82 Å². The third-order valence-electron chi connectivity index (χ3n) is 3.12. The van der Waals surface area contributed by atoms with Crippen LogP contribution in [0.15, 0.2) is 42.6 Å². The van der Waals surface area contributed by atoms with Gasteiger partial charge < -0.3 is 10.2 Å². The minimum atomic E-state index is 0.856. The molecule has 0 saturated heterocycles. The predicted molar refractivity (Wildman–Crippen MR) is 80.3 cm³/mol. The number of hydrogen-bond donors (Lipinski definition) is 1. The quantitative estimate of drug-likeness (QED) is 0.890. The van der Waals surface area contributed by atoms with E-state index in [1.54, 1.807) is 0 Å². The van der Waals surface area contributed by atoms with E-state index in [1.807, 2.05) is 13.2 Å². The maximum Gasteiger partial charge on any atom is 0.128 e. The molecule has 1 aromatic carbocycles. The number of pyridine rings is 1. The average Bonchev–Trinajstić information content (AvgIpc) is 2.42. The van der Waals surface area contributed by atoms with Gasteiger partial charge in [-0.1, -0.05) is 35.9 Å². The van der Waals surface area contributed by atoms with E-state index in [9.17, 15) is 0 Å². The van der Waals surface area contributed by atoms with E-state index in [4.69, 9.17) is 0 Å². The lowest BCUT2D eigenvalue weighted by Gasteiger charge is -2.18. The molecule has 2 aromatic rings. The molecule has 1 aromatic heterocycles. The molecule has 3 heteroatoms. The molecule has 0 aliphatic rings. The highest BCUT2D eigenvalue weighted by atomic mass is 15.2. The van der Waals surface area contributed by atoms with E-state index in [1.165, 1.54) is 16.7 Å². The van der Waals surface area contributed by atoms with Crippen LogP contribution >= 0.6 is 0 Å². The first-order valence-electron chi connectivity index (χ1n) is 6.55. The topological polar surface area (TPSA) is 28.2 Å². The summed E-state index contributed by atoms with van der Waals surface area (Å²) in [5.41, 5.74) is 3.80. The van der Waals surface area contributed by atoms with Crippen LogP contribution in [0.5, 0.6) is 0 Å². The van der Waals surface area contributed by atoms with Gasteiger partial charge in [0, 0.05) is 26.3 Å². The Morgan fingerprint density at radius 2 is 1.74 bits per heavy atom. The number of anilines is 1. The fourth-order valence-electron chi connectivity index (χ4n) is 2.00. The Kier molecular flexibility index (Phi) is 4.53. The van der Waals surface area contributed by atoms with Crippen LogP contribution in [-0.2, 0) is 13.1 Å². The van der Waals surface area contributed by atoms with Gasteiger partial charge in [-0.2, -0.15) is 0 Å². The van der Waals surface area contributed by atoms with Crippen LogP contribution in [0.3, 0.4) is 0 Å². The number of aromatic nitrogens is 1. The Bertz CT molecular complexity index is 503. The van der Waals surface area contributed by atoms with Gasteiger partial charge >= 0.3 is 0 Å². The Balaban J connectivity index is 2.02. The van der Waals surface area contributed by atoms with Gasteiger partial charge in [0.05, 0.1) is 0 Å². The largest absolute Gasteiger partial charge is 0.355 e. The minimum absolute atomic E-state index is 0.856. The Morgan fingerprint density at radius 3 is 2.32 bits per heavy atom. The second kappa shape index (κ2) is 6.34. The van der Waals surface area contributed by atoms with Gasteiger partial charge in [0.2, 0.25) is 0 Å². The summed E-state index contributed by atoms with van der Waals surface area (Å²) in [5.74, 6) is 1.00. The first-order valence-corrected chi connectivity index (χ1v) is 6.55. The van der Waals surface area contributed by atoms with Crippen molar-refractivity contribution in [2.24, 2.45) is 0 Å². The number of nitrogens with zero attached hydrogens (tertiary/aromatic N) is 2. The Labute approximate surface area is 115 Å². The number of hydrogen-bond acceptors (Lipinski definition) is 3. The van der Waals surface area contributed by atoms with Crippen LogP contribution in [0.25, 0.3) is 0 Å². The summed E-state index contributed by atoms with van der Waals surface area (Å²) >= 11 is 0. The fourth-order valence-corrected chi connectivity index (χ4v) is 2.00. The third-order valence-corrected chi connectivity index (χ3v) is 3.12. The van der Waals surface area contributed by atoms with Gasteiger partial charge in [0.25, 0.3) is 0 Å². The summed E-state index contributed by atoms with van der Waals surface area (Å²) in [4.78, 5) is 6.66. The Hall–Kier alpha value is -1.87. The zero-order chi connectivity index (χ0) is 13.7. The van der Waals surface area contributed by atoms with E-state index in [0.29, 0.717) is 0 Å². The number of benzene rings is 1. The van der Waals surface area contributed by atoms with Gasteiger partial charge in [0.1, 0.15) is 5.82 Å². The molecule has 2 rings (SSSR count). The molecule has 0 amide bonds. The van der Waals surface area contributed by atoms with Crippen molar-refractivity contribution in [1.29, 1.82) is 0 Å². The molecule has 19 heavy (non-hydrogen) atoms. The molecule has 0 bridgehead atoms. The lowest BCUT2D eigenvalue weighted by molar-refractivity contribution is 0.810. The molecule has 100 valence electrons. The molecule has 0 aliphatic carbocycles. The summed E-state index contributed by atoms with van der Waals surface area (Å²) in [5, 5.41) is 3.12. The minimum Gasteiger partial charge on any atom is -0.355 e. The first kappa shape index (κ1) is 13.6. The second-order valence-corrected chi connectivity index (χ2v) is 4.90. The van der Waals surface area contributed by atoms with Crippen LogP contribution in [0.1, 0.15) is 16.7 Å². The summed E-state index contributed by atoms with van der Waals surface area (Å²) < 4.78 is 0. The number of nitrogens with one attached hydrogen (secondary N) is 1. The normalized spacial score (nSPS) is 10.5. The smallest absolute Gasteiger partial charge is 0.128 e. The summed E-state index contributed by atoms with van der Waals surface area (Å²) in [6.45, 7) is 3.84. The maximum atomic E-state index is 4.50. The van der Waals surface area contributed by atoms with Crippen molar-refractivity contribution < 1.29 is 0 Å². The van der Waals surface area contributed by atoms with Crippen molar-refractivity contribution in [3.63, 3.8) is 0 Å². The van der Waals surface area contributed by atoms with Crippen molar-refractivity contribution in [3.8, 4) is 0 Å². The van der Waals surface area contributed by atoms with Gasteiger partial charge in [-0.3, -0.25) is 0 Å². The molecule has 0 fully saturated rings. The van der Waals surface area contributed by atoms with Crippen LogP contribution in [-0.4, -0.2) is 19.1 Å². The van der Waals surface area contributed by atoms with Crippen molar-refractivity contribution in [2.75, 3.05) is 19.0 Å². The molecule has 0 aliphatic heterocycles. The monoisotopic (exact) mass is 255 g/mol. The number of aryl methyl sites for hydroxylation is 1. The van der Waals surface area contributed by atoms with E-state index in [-0.39, 0.29) is 0 Å². The van der Waals surface area contributed by atoms with Crippen molar-refractivity contribution in [3.05, 3.63) is 59.3 Å². The summed E-state index contributed by atoms with van der Waals surface area (Å²) in [6, 6.07) is 12.8. The van der Waals surface area contributed by atoms with Gasteiger partial charge in [-0.15, -0.1) is 0 Å². The summed E-state index contributed by atoms with van der Waals surface area (Å²) in [6.07, 6.45) is 1.93. The van der Waals surface area contributed by atoms with E-state index >= 15 is 0 Å². The van der Waals surface area contributed by atoms with Crippen LogP contribution in [0.4, 0.5) is 5.82 Å². The zero-order valence-corrected chi connectivity index (χ0v) is 11.9. The Morgan fingerprint density at radius 1 is 1.05 bits per heavy atom. The van der Waals surface area contributed by atoms with Crippen LogP contribution in [0, 0.1) is 6.92 Å². The first-order chi connectivity index (χ1) is 9.19. The molecule has 0 atom stereocenters. The average molecular weight is 255 g/mol. The molecule has 0 unspecified atom stereocenters. The van der Waals surface area contributed by atoms with Gasteiger partial charge in [0.15, 0.2) is 0 Å². The lowest BCUT2D eigenvalue weighted by atomic mass is 10.1. The lowest BCUT2D eigenvalue weighted by Crippen LogP contribution is -2.17. The predicted octanol–water partition coefficient (Wildman–Crippen LogP) is 2.75. The third kappa shape index (κ3) is 3.80. The molecule has 3 nitrogen and oxygen atoms in total. The molecule has 1 N–H and O–H groups in total. The maximum absolute atomic E-state index is 4.50.